The van der Waals surface area contributed by atoms with E-state index in [1.807, 2.05) is 6.92 Å². The molecule has 0 aromatic carbocycles. The fourth-order valence-corrected chi connectivity index (χ4v) is 1.40. The lowest BCUT2D eigenvalue weighted by Crippen LogP contribution is -2.28. The molecule has 0 fully saturated rings. The molecule has 0 saturated heterocycles. The zero-order valence-electron chi connectivity index (χ0n) is 9.36. The molecule has 1 aromatic heterocycles. The van der Waals surface area contributed by atoms with Crippen molar-refractivity contribution in [3.05, 3.63) is 17.6 Å². The van der Waals surface area contributed by atoms with Gasteiger partial charge in [-0.2, -0.15) is 0 Å². The maximum atomic E-state index is 5.85. The highest BCUT2D eigenvalue weighted by Crippen LogP contribution is 2.16. The van der Waals surface area contributed by atoms with Gasteiger partial charge in [0.05, 0.1) is 19.4 Å². The van der Waals surface area contributed by atoms with Crippen molar-refractivity contribution in [3.63, 3.8) is 0 Å². The summed E-state index contributed by atoms with van der Waals surface area (Å²) in [5.41, 5.74) is 7.70. The molecule has 15 heavy (non-hydrogen) atoms. The predicted octanol–water partition coefficient (Wildman–Crippen LogP) is 0.310. The molecule has 0 radical (unpaired) electrons. The maximum Gasteiger partial charge on any atom is 0.219 e. The van der Waals surface area contributed by atoms with E-state index in [1.54, 1.807) is 14.2 Å². The summed E-state index contributed by atoms with van der Waals surface area (Å²) in [7, 11) is 3.22. The largest absolute Gasteiger partial charge is 0.481 e. The van der Waals surface area contributed by atoms with Crippen molar-refractivity contribution >= 4 is 0 Å². The zero-order chi connectivity index (χ0) is 11.3. The van der Waals surface area contributed by atoms with Crippen molar-refractivity contribution in [2.24, 2.45) is 5.73 Å². The summed E-state index contributed by atoms with van der Waals surface area (Å²) in [4.78, 5) is 8.19. The maximum absolute atomic E-state index is 5.85. The van der Waals surface area contributed by atoms with Gasteiger partial charge in [0.1, 0.15) is 6.33 Å². The second-order valence-electron chi connectivity index (χ2n) is 3.37. The Labute approximate surface area is 89.6 Å². The minimum absolute atomic E-state index is 0.0479. The predicted molar refractivity (Wildman–Crippen MR) is 56.9 cm³/mol. The van der Waals surface area contributed by atoms with Gasteiger partial charge in [0.25, 0.3) is 0 Å². The van der Waals surface area contributed by atoms with Crippen LogP contribution in [-0.2, 0) is 11.2 Å². The first kappa shape index (κ1) is 11.9. The first-order valence-corrected chi connectivity index (χ1v) is 4.78. The van der Waals surface area contributed by atoms with E-state index in [4.69, 9.17) is 15.2 Å². The number of rotatable bonds is 5. The monoisotopic (exact) mass is 211 g/mol. The van der Waals surface area contributed by atoms with Gasteiger partial charge in [0.2, 0.25) is 5.88 Å². The SMILES string of the molecule is COCC(N)Cc1ncnc(OC)c1C. The Morgan fingerprint density at radius 1 is 1.40 bits per heavy atom. The quantitative estimate of drug-likeness (QED) is 0.759. The van der Waals surface area contributed by atoms with E-state index in [9.17, 15) is 0 Å². The van der Waals surface area contributed by atoms with Gasteiger partial charge < -0.3 is 15.2 Å². The van der Waals surface area contributed by atoms with E-state index in [0.717, 1.165) is 11.3 Å². The molecule has 2 N–H and O–H groups in total. The molecule has 0 aliphatic carbocycles. The lowest BCUT2D eigenvalue weighted by molar-refractivity contribution is 0.179. The molecule has 0 amide bonds. The molecule has 1 rings (SSSR count). The Kier molecular flexibility index (Phi) is 4.45. The van der Waals surface area contributed by atoms with Crippen LogP contribution in [-0.4, -0.2) is 36.8 Å². The van der Waals surface area contributed by atoms with Crippen LogP contribution in [0.1, 0.15) is 11.3 Å². The molecular weight excluding hydrogens is 194 g/mol. The minimum atomic E-state index is -0.0479. The first-order valence-electron chi connectivity index (χ1n) is 4.78. The molecule has 1 atom stereocenters. The van der Waals surface area contributed by atoms with Crippen LogP contribution in [0.4, 0.5) is 0 Å². The van der Waals surface area contributed by atoms with Gasteiger partial charge in [-0.15, -0.1) is 0 Å². The highest BCUT2D eigenvalue weighted by molar-refractivity contribution is 5.28. The second kappa shape index (κ2) is 5.63. The lowest BCUT2D eigenvalue weighted by atomic mass is 10.1. The van der Waals surface area contributed by atoms with E-state index < -0.39 is 0 Å². The van der Waals surface area contributed by atoms with E-state index in [2.05, 4.69) is 9.97 Å². The van der Waals surface area contributed by atoms with Crippen molar-refractivity contribution in [3.8, 4) is 5.88 Å². The third kappa shape index (κ3) is 3.14. The summed E-state index contributed by atoms with van der Waals surface area (Å²) in [6.45, 7) is 2.44. The molecule has 0 saturated carbocycles. The third-order valence-corrected chi connectivity index (χ3v) is 2.17. The molecule has 84 valence electrons. The Balaban J connectivity index is 2.76. The summed E-state index contributed by atoms with van der Waals surface area (Å²) >= 11 is 0. The summed E-state index contributed by atoms with van der Waals surface area (Å²) in [5, 5.41) is 0. The summed E-state index contributed by atoms with van der Waals surface area (Å²) in [5.74, 6) is 0.601. The fraction of sp³-hybridized carbons (Fsp3) is 0.600. The highest BCUT2D eigenvalue weighted by atomic mass is 16.5. The number of methoxy groups -OCH3 is 2. The number of nitrogens with two attached hydrogens (primary N) is 1. The molecule has 0 aliphatic heterocycles. The zero-order valence-corrected chi connectivity index (χ0v) is 9.36. The highest BCUT2D eigenvalue weighted by Gasteiger charge is 2.11. The van der Waals surface area contributed by atoms with Crippen molar-refractivity contribution in [2.45, 2.75) is 19.4 Å². The summed E-state index contributed by atoms with van der Waals surface area (Å²) < 4.78 is 10.1. The van der Waals surface area contributed by atoms with Gasteiger partial charge >= 0.3 is 0 Å². The van der Waals surface area contributed by atoms with Gasteiger partial charge in [0, 0.05) is 25.1 Å². The van der Waals surface area contributed by atoms with Gasteiger partial charge in [-0.3, -0.25) is 0 Å². The molecule has 0 bridgehead atoms. The molecule has 5 heteroatoms. The van der Waals surface area contributed by atoms with Crippen LogP contribution in [0.2, 0.25) is 0 Å². The molecule has 1 aromatic rings. The number of ether oxygens (including phenoxy) is 2. The van der Waals surface area contributed by atoms with Gasteiger partial charge in [-0.25, -0.2) is 9.97 Å². The van der Waals surface area contributed by atoms with Crippen molar-refractivity contribution in [2.75, 3.05) is 20.8 Å². The van der Waals surface area contributed by atoms with Crippen LogP contribution in [0, 0.1) is 6.92 Å². The average molecular weight is 211 g/mol. The van der Waals surface area contributed by atoms with Crippen molar-refractivity contribution < 1.29 is 9.47 Å². The standard InChI is InChI=1S/C10H17N3O2/c1-7-9(4-8(11)5-14-2)12-6-13-10(7)15-3/h6,8H,4-5,11H2,1-3H3. The fourth-order valence-electron chi connectivity index (χ4n) is 1.40. The van der Waals surface area contributed by atoms with E-state index in [1.165, 1.54) is 6.33 Å². The molecule has 0 aliphatic rings. The Hall–Kier alpha value is -1.20. The smallest absolute Gasteiger partial charge is 0.219 e. The van der Waals surface area contributed by atoms with Crippen LogP contribution in [0.25, 0.3) is 0 Å². The normalized spacial score (nSPS) is 12.5. The third-order valence-electron chi connectivity index (χ3n) is 2.17. The van der Waals surface area contributed by atoms with E-state index in [0.29, 0.717) is 18.9 Å². The van der Waals surface area contributed by atoms with Crippen molar-refractivity contribution in [1.29, 1.82) is 0 Å². The van der Waals surface area contributed by atoms with Gasteiger partial charge in [0.15, 0.2) is 0 Å². The lowest BCUT2D eigenvalue weighted by Gasteiger charge is -2.12. The van der Waals surface area contributed by atoms with E-state index >= 15 is 0 Å². The van der Waals surface area contributed by atoms with Crippen LogP contribution in [0.3, 0.4) is 0 Å². The van der Waals surface area contributed by atoms with Crippen LogP contribution in [0.15, 0.2) is 6.33 Å². The summed E-state index contributed by atoms with van der Waals surface area (Å²) in [6, 6.07) is -0.0479. The summed E-state index contributed by atoms with van der Waals surface area (Å²) in [6.07, 6.45) is 2.15. The van der Waals surface area contributed by atoms with Crippen LogP contribution in [0.5, 0.6) is 5.88 Å². The Morgan fingerprint density at radius 3 is 2.73 bits per heavy atom. The number of hydrogen-bond donors (Lipinski definition) is 1. The van der Waals surface area contributed by atoms with Crippen LogP contribution >= 0.6 is 0 Å². The van der Waals surface area contributed by atoms with Gasteiger partial charge in [-0.05, 0) is 6.92 Å². The molecule has 5 nitrogen and oxygen atoms in total. The molecule has 0 spiro atoms. The van der Waals surface area contributed by atoms with Gasteiger partial charge in [-0.1, -0.05) is 0 Å². The molecule has 1 heterocycles. The number of aromatic nitrogens is 2. The van der Waals surface area contributed by atoms with Crippen molar-refractivity contribution in [1.82, 2.24) is 9.97 Å². The van der Waals surface area contributed by atoms with E-state index in [-0.39, 0.29) is 6.04 Å². The minimum Gasteiger partial charge on any atom is -0.481 e. The van der Waals surface area contributed by atoms with Crippen LogP contribution < -0.4 is 10.5 Å². The Bertz CT molecular complexity index is 318. The first-order chi connectivity index (χ1) is 7.19. The molecular formula is C10H17N3O2. The number of nitrogens with zero attached hydrogens (tertiary/aromatic N) is 2. The topological polar surface area (TPSA) is 70.3 Å². The average Bonchev–Trinajstić information content (AvgIpc) is 2.21. The Morgan fingerprint density at radius 2 is 2.13 bits per heavy atom. The number of hydrogen-bond acceptors (Lipinski definition) is 5. The molecule has 1 unspecified atom stereocenters. The second-order valence-corrected chi connectivity index (χ2v) is 3.37.